The molecule has 2 atom stereocenters. The van der Waals surface area contributed by atoms with Gasteiger partial charge in [-0.2, -0.15) is 10.1 Å². The number of nitrogens with one attached hydrogen (secondary N) is 1. The zero-order valence-electron chi connectivity index (χ0n) is 11.4. The van der Waals surface area contributed by atoms with Gasteiger partial charge in [0.05, 0.1) is 22.4 Å². The lowest BCUT2D eigenvalue weighted by molar-refractivity contribution is 0.358. The highest BCUT2D eigenvalue weighted by atomic mass is 35.5. The Bertz CT molecular complexity index is 800. The molecule has 5 nitrogen and oxygen atoms in total. The number of fused-ring (bicyclic) bond motifs is 1. The standard InChI is InChI=1S/C15H12Cl2N4O/c16-10-4-3-9(6-11(10)17)12-7-13(14-2-1-5-22-14)21-15(20-12)18-8-19-21/h1-6,8,12-13H,7H2,(H,18,19,20)/t12-,13+/m1/s1. The second-order valence-corrected chi connectivity index (χ2v) is 5.98. The SMILES string of the molecule is Clc1ccc([C@H]2C[C@@H](c3ccco3)n3ncnc3N2)cc1Cl. The zero-order valence-corrected chi connectivity index (χ0v) is 12.9. The summed E-state index contributed by atoms with van der Waals surface area (Å²) in [6.07, 6.45) is 3.99. The van der Waals surface area contributed by atoms with E-state index in [4.69, 9.17) is 27.6 Å². The van der Waals surface area contributed by atoms with Crippen LogP contribution in [-0.4, -0.2) is 14.8 Å². The Labute approximate surface area is 136 Å². The molecule has 1 aliphatic heterocycles. The Morgan fingerprint density at radius 3 is 2.91 bits per heavy atom. The summed E-state index contributed by atoms with van der Waals surface area (Å²) in [6.45, 7) is 0. The molecule has 2 aromatic heterocycles. The minimum absolute atomic E-state index is 0.00629. The Morgan fingerprint density at radius 1 is 1.23 bits per heavy atom. The predicted molar refractivity (Wildman–Crippen MR) is 84.3 cm³/mol. The number of aromatic nitrogens is 3. The number of furan rings is 1. The number of halogens is 2. The van der Waals surface area contributed by atoms with Gasteiger partial charge in [0, 0.05) is 6.42 Å². The molecule has 0 amide bonds. The van der Waals surface area contributed by atoms with Crippen molar-refractivity contribution in [2.24, 2.45) is 0 Å². The van der Waals surface area contributed by atoms with E-state index < -0.39 is 0 Å². The lowest BCUT2D eigenvalue weighted by Crippen LogP contribution is -2.27. The molecule has 22 heavy (non-hydrogen) atoms. The molecular formula is C15H12Cl2N4O. The molecule has 0 radical (unpaired) electrons. The van der Waals surface area contributed by atoms with E-state index in [1.807, 2.05) is 35.0 Å². The largest absolute Gasteiger partial charge is 0.467 e. The van der Waals surface area contributed by atoms with Crippen LogP contribution in [-0.2, 0) is 0 Å². The Morgan fingerprint density at radius 2 is 2.14 bits per heavy atom. The fourth-order valence-corrected chi connectivity index (χ4v) is 3.09. The van der Waals surface area contributed by atoms with E-state index in [0.29, 0.717) is 16.0 Å². The fourth-order valence-electron chi connectivity index (χ4n) is 2.79. The molecule has 112 valence electrons. The summed E-state index contributed by atoms with van der Waals surface area (Å²) in [5, 5.41) is 8.76. The van der Waals surface area contributed by atoms with Gasteiger partial charge in [0.1, 0.15) is 18.1 Å². The first-order valence-corrected chi connectivity index (χ1v) is 7.62. The summed E-state index contributed by atoms with van der Waals surface area (Å²) in [4.78, 5) is 4.27. The van der Waals surface area contributed by atoms with Gasteiger partial charge in [-0.25, -0.2) is 4.68 Å². The third-order valence-corrected chi connectivity index (χ3v) is 4.59. The van der Waals surface area contributed by atoms with Crippen LogP contribution >= 0.6 is 23.2 Å². The first-order chi connectivity index (χ1) is 10.7. The van der Waals surface area contributed by atoms with Gasteiger partial charge < -0.3 is 9.73 Å². The van der Waals surface area contributed by atoms with Crippen LogP contribution in [0.5, 0.6) is 0 Å². The van der Waals surface area contributed by atoms with Crippen molar-refractivity contribution in [3.05, 3.63) is 64.3 Å². The maximum absolute atomic E-state index is 6.14. The van der Waals surface area contributed by atoms with Gasteiger partial charge in [0.2, 0.25) is 5.95 Å². The van der Waals surface area contributed by atoms with Crippen molar-refractivity contribution in [3.63, 3.8) is 0 Å². The van der Waals surface area contributed by atoms with Gasteiger partial charge in [-0.3, -0.25) is 0 Å². The highest BCUT2D eigenvalue weighted by Gasteiger charge is 2.31. The number of rotatable bonds is 2. The second-order valence-electron chi connectivity index (χ2n) is 5.17. The van der Waals surface area contributed by atoms with Crippen LogP contribution in [0.1, 0.15) is 29.8 Å². The van der Waals surface area contributed by atoms with E-state index in [1.54, 1.807) is 6.26 Å². The molecular weight excluding hydrogens is 323 g/mol. The van der Waals surface area contributed by atoms with E-state index in [9.17, 15) is 0 Å². The van der Waals surface area contributed by atoms with E-state index in [1.165, 1.54) is 6.33 Å². The van der Waals surface area contributed by atoms with Gasteiger partial charge in [0.25, 0.3) is 0 Å². The van der Waals surface area contributed by atoms with E-state index in [-0.39, 0.29) is 12.1 Å². The molecule has 4 rings (SSSR count). The lowest BCUT2D eigenvalue weighted by atomic mass is 9.96. The van der Waals surface area contributed by atoms with Crippen molar-refractivity contribution in [1.82, 2.24) is 14.8 Å². The first kappa shape index (κ1) is 13.7. The predicted octanol–water partition coefficient (Wildman–Crippen LogP) is 4.32. The smallest absolute Gasteiger partial charge is 0.222 e. The highest BCUT2D eigenvalue weighted by Crippen LogP contribution is 2.38. The molecule has 3 aromatic rings. The van der Waals surface area contributed by atoms with Crippen molar-refractivity contribution >= 4 is 29.2 Å². The molecule has 0 bridgehead atoms. The molecule has 3 heterocycles. The van der Waals surface area contributed by atoms with E-state index >= 15 is 0 Å². The van der Waals surface area contributed by atoms with Gasteiger partial charge in [-0.05, 0) is 29.8 Å². The molecule has 0 spiro atoms. The van der Waals surface area contributed by atoms with E-state index in [0.717, 1.165) is 17.7 Å². The quantitative estimate of drug-likeness (QED) is 0.758. The average molecular weight is 335 g/mol. The number of hydrogen-bond donors (Lipinski definition) is 1. The van der Waals surface area contributed by atoms with Crippen LogP contribution in [0.4, 0.5) is 5.95 Å². The normalized spacial score (nSPS) is 20.5. The molecule has 1 aromatic carbocycles. The van der Waals surface area contributed by atoms with Crippen LogP contribution in [0.3, 0.4) is 0 Å². The third-order valence-electron chi connectivity index (χ3n) is 3.85. The van der Waals surface area contributed by atoms with Crippen molar-refractivity contribution in [2.45, 2.75) is 18.5 Å². The van der Waals surface area contributed by atoms with Gasteiger partial charge in [-0.15, -0.1) is 0 Å². The minimum Gasteiger partial charge on any atom is -0.467 e. The molecule has 1 aliphatic rings. The molecule has 0 saturated heterocycles. The topological polar surface area (TPSA) is 55.9 Å². The Kier molecular flexibility index (Phi) is 3.32. The molecule has 0 unspecified atom stereocenters. The highest BCUT2D eigenvalue weighted by molar-refractivity contribution is 6.42. The van der Waals surface area contributed by atoms with Crippen LogP contribution < -0.4 is 5.32 Å². The molecule has 0 saturated carbocycles. The Balaban J connectivity index is 1.73. The van der Waals surface area contributed by atoms with Crippen LogP contribution in [0, 0.1) is 0 Å². The average Bonchev–Trinajstić information content (AvgIpc) is 3.19. The summed E-state index contributed by atoms with van der Waals surface area (Å²) < 4.78 is 7.40. The summed E-state index contributed by atoms with van der Waals surface area (Å²) in [6, 6.07) is 9.54. The molecule has 0 fully saturated rings. The van der Waals surface area contributed by atoms with Crippen LogP contribution in [0.2, 0.25) is 10.0 Å². The second kappa shape index (κ2) is 5.34. The van der Waals surface area contributed by atoms with Gasteiger partial charge in [-0.1, -0.05) is 29.3 Å². The van der Waals surface area contributed by atoms with Crippen molar-refractivity contribution in [2.75, 3.05) is 5.32 Å². The van der Waals surface area contributed by atoms with Crippen LogP contribution in [0.15, 0.2) is 47.3 Å². The number of hydrogen-bond acceptors (Lipinski definition) is 4. The number of nitrogens with zero attached hydrogens (tertiary/aromatic N) is 3. The fraction of sp³-hybridized carbons (Fsp3) is 0.200. The van der Waals surface area contributed by atoms with Crippen LogP contribution in [0.25, 0.3) is 0 Å². The first-order valence-electron chi connectivity index (χ1n) is 6.87. The maximum Gasteiger partial charge on any atom is 0.222 e. The number of anilines is 1. The molecule has 7 heteroatoms. The van der Waals surface area contributed by atoms with Gasteiger partial charge in [0.15, 0.2) is 0 Å². The summed E-state index contributed by atoms with van der Waals surface area (Å²) in [5.74, 6) is 1.57. The van der Waals surface area contributed by atoms with Crippen molar-refractivity contribution in [1.29, 1.82) is 0 Å². The minimum atomic E-state index is -0.00629. The molecule has 0 aliphatic carbocycles. The number of benzene rings is 1. The maximum atomic E-state index is 6.14. The third kappa shape index (κ3) is 2.26. The van der Waals surface area contributed by atoms with Gasteiger partial charge >= 0.3 is 0 Å². The zero-order chi connectivity index (χ0) is 15.1. The van der Waals surface area contributed by atoms with E-state index in [2.05, 4.69) is 15.4 Å². The summed E-state index contributed by atoms with van der Waals surface area (Å²) >= 11 is 12.1. The van der Waals surface area contributed by atoms with Crippen molar-refractivity contribution < 1.29 is 4.42 Å². The lowest BCUT2D eigenvalue weighted by Gasteiger charge is -2.30. The summed E-state index contributed by atoms with van der Waals surface area (Å²) in [5.41, 5.74) is 1.06. The summed E-state index contributed by atoms with van der Waals surface area (Å²) in [7, 11) is 0. The monoisotopic (exact) mass is 334 g/mol. The Hall–Kier alpha value is -1.98. The van der Waals surface area contributed by atoms with Crippen molar-refractivity contribution in [3.8, 4) is 0 Å². The molecule has 1 N–H and O–H groups in total.